The molecule has 0 saturated carbocycles. The summed E-state index contributed by atoms with van der Waals surface area (Å²) in [5.74, 6) is 0. The molecule has 3 nitrogen and oxygen atoms in total. The zero-order valence-corrected chi connectivity index (χ0v) is 13.7. The van der Waals surface area contributed by atoms with E-state index in [4.69, 9.17) is 0 Å². The zero-order chi connectivity index (χ0) is 15.3. The first kappa shape index (κ1) is 16.3. The number of hydrogen-bond donors (Lipinski definition) is 2. The Hall–Kier alpha value is -1.06. The van der Waals surface area contributed by atoms with E-state index < -0.39 is 0 Å². The molecule has 2 rings (SSSR count). The standard InChI is InChI=1S/C18H30N2O/c1-18(2,3)13-17(21)14-19-15-9-11-20(12-10-15)16-7-5-4-6-8-16/h4-8,15,17,19,21H,9-14H2,1-3H3. The van der Waals surface area contributed by atoms with E-state index in [9.17, 15) is 5.11 Å². The minimum Gasteiger partial charge on any atom is -0.392 e. The van der Waals surface area contributed by atoms with E-state index in [0.29, 0.717) is 12.6 Å². The maximum Gasteiger partial charge on any atom is 0.0669 e. The molecule has 1 atom stereocenters. The molecule has 1 aromatic rings. The number of nitrogens with one attached hydrogen (secondary N) is 1. The van der Waals surface area contributed by atoms with Crippen LogP contribution >= 0.6 is 0 Å². The van der Waals surface area contributed by atoms with Crippen molar-refractivity contribution in [1.29, 1.82) is 0 Å². The number of para-hydroxylation sites is 1. The Kier molecular flexibility index (Phi) is 5.65. The van der Waals surface area contributed by atoms with Gasteiger partial charge >= 0.3 is 0 Å². The van der Waals surface area contributed by atoms with Crippen LogP contribution in [-0.2, 0) is 0 Å². The molecule has 0 bridgehead atoms. The Morgan fingerprint density at radius 2 is 1.81 bits per heavy atom. The highest BCUT2D eigenvalue weighted by molar-refractivity contribution is 5.46. The van der Waals surface area contributed by atoms with Crippen molar-refractivity contribution in [2.45, 2.75) is 52.2 Å². The molecule has 118 valence electrons. The molecule has 2 N–H and O–H groups in total. The third-order valence-corrected chi connectivity index (χ3v) is 4.11. The number of anilines is 1. The molecule has 0 aromatic heterocycles. The lowest BCUT2D eigenvalue weighted by atomic mass is 9.89. The van der Waals surface area contributed by atoms with E-state index >= 15 is 0 Å². The fourth-order valence-electron chi connectivity index (χ4n) is 3.06. The van der Waals surface area contributed by atoms with Crippen LogP contribution in [0.5, 0.6) is 0 Å². The first-order chi connectivity index (χ1) is 9.94. The van der Waals surface area contributed by atoms with E-state index in [-0.39, 0.29) is 11.5 Å². The second-order valence-corrected chi connectivity index (χ2v) is 7.42. The van der Waals surface area contributed by atoms with Crippen molar-refractivity contribution < 1.29 is 5.11 Å². The van der Waals surface area contributed by atoms with Crippen molar-refractivity contribution in [3.05, 3.63) is 30.3 Å². The number of hydrogen-bond acceptors (Lipinski definition) is 3. The van der Waals surface area contributed by atoms with Gasteiger partial charge in [-0.2, -0.15) is 0 Å². The zero-order valence-electron chi connectivity index (χ0n) is 13.7. The fourth-order valence-corrected chi connectivity index (χ4v) is 3.06. The van der Waals surface area contributed by atoms with Crippen molar-refractivity contribution in [2.24, 2.45) is 5.41 Å². The van der Waals surface area contributed by atoms with Crippen molar-refractivity contribution in [3.63, 3.8) is 0 Å². The Morgan fingerprint density at radius 3 is 2.38 bits per heavy atom. The summed E-state index contributed by atoms with van der Waals surface area (Å²) in [5.41, 5.74) is 1.52. The third kappa shape index (κ3) is 5.68. The summed E-state index contributed by atoms with van der Waals surface area (Å²) in [4.78, 5) is 2.45. The molecule has 0 aliphatic carbocycles. The summed E-state index contributed by atoms with van der Waals surface area (Å²) in [6, 6.07) is 11.2. The van der Waals surface area contributed by atoms with Crippen molar-refractivity contribution in [3.8, 4) is 0 Å². The Labute approximate surface area is 129 Å². The predicted molar refractivity (Wildman–Crippen MR) is 89.8 cm³/mol. The lowest BCUT2D eigenvalue weighted by Crippen LogP contribution is -2.45. The SMILES string of the molecule is CC(C)(C)CC(O)CNC1CCN(c2ccccc2)CC1. The number of aliphatic hydroxyl groups is 1. The molecule has 3 heteroatoms. The predicted octanol–water partition coefficient (Wildman–Crippen LogP) is 3.04. The molecule has 0 spiro atoms. The van der Waals surface area contributed by atoms with Crippen molar-refractivity contribution in [1.82, 2.24) is 5.32 Å². The summed E-state index contributed by atoms with van der Waals surface area (Å²) in [6.45, 7) is 9.43. The first-order valence-electron chi connectivity index (χ1n) is 8.15. The summed E-state index contributed by atoms with van der Waals surface area (Å²) in [5, 5.41) is 13.6. The number of benzene rings is 1. The first-order valence-corrected chi connectivity index (χ1v) is 8.15. The second kappa shape index (κ2) is 7.28. The van der Waals surface area contributed by atoms with Gasteiger partial charge in [0.1, 0.15) is 0 Å². The lowest BCUT2D eigenvalue weighted by Gasteiger charge is -2.34. The second-order valence-electron chi connectivity index (χ2n) is 7.42. The van der Waals surface area contributed by atoms with E-state index in [2.05, 4.69) is 61.3 Å². The van der Waals surface area contributed by atoms with E-state index in [1.807, 2.05) is 0 Å². The lowest BCUT2D eigenvalue weighted by molar-refractivity contribution is 0.115. The quantitative estimate of drug-likeness (QED) is 0.875. The fraction of sp³-hybridized carbons (Fsp3) is 0.667. The molecule has 1 aliphatic heterocycles. The molecule has 21 heavy (non-hydrogen) atoms. The van der Waals surface area contributed by atoms with Crippen LogP contribution in [0.4, 0.5) is 5.69 Å². The van der Waals surface area contributed by atoms with E-state index in [1.165, 1.54) is 5.69 Å². The molecule has 1 heterocycles. The van der Waals surface area contributed by atoms with Gasteiger partial charge in [0.05, 0.1) is 6.10 Å². The molecule has 1 aromatic carbocycles. The van der Waals surface area contributed by atoms with Gasteiger partial charge < -0.3 is 15.3 Å². The monoisotopic (exact) mass is 290 g/mol. The van der Waals surface area contributed by atoms with Gasteiger partial charge in [0.2, 0.25) is 0 Å². The van der Waals surface area contributed by atoms with Crippen LogP contribution in [-0.4, -0.2) is 36.9 Å². The summed E-state index contributed by atoms with van der Waals surface area (Å²) in [7, 11) is 0. The van der Waals surface area contributed by atoms with Crippen LogP contribution in [0.2, 0.25) is 0 Å². The van der Waals surface area contributed by atoms with Gasteiger partial charge in [-0.05, 0) is 36.8 Å². The Morgan fingerprint density at radius 1 is 1.19 bits per heavy atom. The average Bonchev–Trinajstić information content (AvgIpc) is 2.45. The van der Waals surface area contributed by atoms with Gasteiger partial charge in [-0.25, -0.2) is 0 Å². The molecule has 1 saturated heterocycles. The summed E-state index contributed by atoms with van der Waals surface area (Å²) >= 11 is 0. The largest absolute Gasteiger partial charge is 0.392 e. The van der Waals surface area contributed by atoms with Crippen molar-refractivity contribution in [2.75, 3.05) is 24.5 Å². The van der Waals surface area contributed by atoms with Gasteiger partial charge in [-0.1, -0.05) is 39.0 Å². The highest BCUT2D eigenvalue weighted by Gasteiger charge is 2.21. The highest BCUT2D eigenvalue weighted by atomic mass is 16.3. The number of piperidine rings is 1. The molecule has 1 aliphatic rings. The van der Waals surface area contributed by atoms with Gasteiger partial charge in [-0.3, -0.25) is 0 Å². The summed E-state index contributed by atoms with van der Waals surface area (Å²) < 4.78 is 0. The summed E-state index contributed by atoms with van der Waals surface area (Å²) in [6.07, 6.45) is 2.91. The van der Waals surface area contributed by atoms with Crippen LogP contribution < -0.4 is 10.2 Å². The Bertz CT molecular complexity index is 405. The third-order valence-electron chi connectivity index (χ3n) is 4.11. The topological polar surface area (TPSA) is 35.5 Å². The maximum absolute atomic E-state index is 10.1. The van der Waals surface area contributed by atoms with E-state index in [1.54, 1.807) is 0 Å². The van der Waals surface area contributed by atoms with Crippen LogP contribution in [0, 0.1) is 5.41 Å². The molecule has 1 unspecified atom stereocenters. The van der Waals surface area contributed by atoms with Gasteiger partial charge in [0.15, 0.2) is 0 Å². The van der Waals surface area contributed by atoms with Crippen LogP contribution in [0.15, 0.2) is 30.3 Å². The van der Waals surface area contributed by atoms with Crippen LogP contribution in [0.3, 0.4) is 0 Å². The van der Waals surface area contributed by atoms with Gasteiger partial charge in [0, 0.05) is 31.4 Å². The maximum atomic E-state index is 10.1. The van der Waals surface area contributed by atoms with Crippen LogP contribution in [0.25, 0.3) is 0 Å². The molecular weight excluding hydrogens is 260 g/mol. The molecule has 0 amide bonds. The smallest absolute Gasteiger partial charge is 0.0669 e. The number of rotatable bonds is 5. The van der Waals surface area contributed by atoms with Gasteiger partial charge in [-0.15, -0.1) is 0 Å². The van der Waals surface area contributed by atoms with Crippen molar-refractivity contribution >= 4 is 5.69 Å². The molecule has 1 fully saturated rings. The minimum absolute atomic E-state index is 0.192. The molecule has 0 radical (unpaired) electrons. The Balaban J connectivity index is 1.70. The van der Waals surface area contributed by atoms with E-state index in [0.717, 1.165) is 32.4 Å². The highest BCUT2D eigenvalue weighted by Crippen LogP contribution is 2.21. The average molecular weight is 290 g/mol. The number of nitrogens with zero attached hydrogens (tertiary/aromatic N) is 1. The number of aliphatic hydroxyl groups excluding tert-OH is 1. The van der Waals surface area contributed by atoms with Crippen LogP contribution in [0.1, 0.15) is 40.0 Å². The van der Waals surface area contributed by atoms with Gasteiger partial charge in [0.25, 0.3) is 0 Å². The minimum atomic E-state index is -0.239. The normalized spacial score (nSPS) is 18.8. The molecular formula is C18H30N2O.